The lowest BCUT2D eigenvalue weighted by Crippen LogP contribution is -2.33. The zero-order valence-corrected chi connectivity index (χ0v) is 8.36. The van der Waals surface area contributed by atoms with Gasteiger partial charge >= 0.3 is 12.9 Å². The van der Waals surface area contributed by atoms with Crippen LogP contribution >= 0.6 is 0 Å². The molecule has 0 bridgehead atoms. The zero-order valence-electron chi connectivity index (χ0n) is 8.36. The minimum atomic E-state index is -5.05. The van der Waals surface area contributed by atoms with E-state index < -0.39 is 24.5 Å². The molecule has 1 aromatic carbocycles. The van der Waals surface area contributed by atoms with Gasteiger partial charge in [0, 0.05) is 7.11 Å². The van der Waals surface area contributed by atoms with Crippen molar-refractivity contribution in [1.82, 2.24) is 0 Å². The third kappa shape index (κ3) is 2.76. The van der Waals surface area contributed by atoms with E-state index in [4.69, 9.17) is 5.11 Å². The fourth-order valence-electron chi connectivity index (χ4n) is 1.27. The highest BCUT2D eigenvalue weighted by Crippen LogP contribution is 2.17. The first-order valence-corrected chi connectivity index (χ1v) is 4.41. The number of halogens is 3. The normalized spacial score (nSPS) is 13.5. The summed E-state index contributed by atoms with van der Waals surface area (Å²) in [6.07, 6.45) is -1.24. The summed E-state index contributed by atoms with van der Waals surface area (Å²) in [6.45, 7) is -5.05. The molecule has 0 spiro atoms. The Labute approximate surface area is 89.9 Å². The zero-order chi connectivity index (χ0) is 12.3. The summed E-state index contributed by atoms with van der Waals surface area (Å²) < 4.78 is 41.5. The number of hydrogen-bond acceptors (Lipinski definition) is 2. The average Bonchev–Trinajstić information content (AvgIpc) is 2.17. The Morgan fingerprint density at radius 3 is 2.12 bits per heavy atom. The van der Waals surface area contributed by atoms with Gasteiger partial charge in [0.1, 0.15) is 0 Å². The van der Waals surface area contributed by atoms with Gasteiger partial charge in [-0.1, -0.05) is 24.3 Å². The SMILES string of the molecule is COC(C(=O)O)c1ccc([B-](F)(F)F)cc1. The molecule has 0 amide bonds. The number of ether oxygens (including phenoxy) is 1. The number of carbonyl (C=O) groups is 1. The molecule has 16 heavy (non-hydrogen) atoms. The topological polar surface area (TPSA) is 46.5 Å². The summed E-state index contributed by atoms with van der Waals surface area (Å²) in [5, 5.41) is 8.71. The van der Waals surface area contributed by atoms with Gasteiger partial charge in [-0.05, 0) is 5.56 Å². The Kier molecular flexibility index (Phi) is 3.59. The van der Waals surface area contributed by atoms with Crippen LogP contribution in [-0.4, -0.2) is 25.2 Å². The van der Waals surface area contributed by atoms with E-state index in [9.17, 15) is 17.7 Å². The number of hydrogen-bond donors (Lipinski definition) is 1. The Balaban J connectivity index is 2.98. The Hall–Kier alpha value is -1.50. The van der Waals surface area contributed by atoms with Crippen molar-refractivity contribution in [3.05, 3.63) is 29.8 Å². The van der Waals surface area contributed by atoms with Crippen LogP contribution in [0, 0.1) is 0 Å². The maximum Gasteiger partial charge on any atom is 0.509 e. The van der Waals surface area contributed by atoms with Crippen molar-refractivity contribution in [1.29, 1.82) is 0 Å². The molecule has 88 valence electrons. The lowest BCUT2D eigenvalue weighted by Gasteiger charge is -2.16. The molecule has 0 aromatic heterocycles. The smallest absolute Gasteiger partial charge is 0.479 e. The highest BCUT2D eigenvalue weighted by Gasteiger charge is 2.26. The molecule has 1 atom stereocenters. The summed E-state index contributed by atoms with van der Waals surface area (Å²) in [5.74, 6) is -1.24. The third-order valence-electron chi connectivity index (χ3n) is 2.08. The second kappa shape index (κ2) is 4.57. The van der Waals surface area contributed by atoms with Crippen LogP contribution in [0.15, 0.2) is 24.3 Å². The van der Waals surface area contributed by atoms with Gasteiger partial charge in [0.2, 0.25) is 0 Å². The van der Waals surface area contributed by atoms with Crippen LogP contribution in [0.2, 0.25) is 0 Å². The highest BCUT2D eigenvalue weighted by molar-refractivity contribution is 6.73. The van der Waals surface area contributed by atoms with Gasteiger partial charge in [-0.15, -0.1) is 5.46 Å². The van der Waals surface area contributed by atoms with Crippen molar-refractivity contribution >= 4 is 18.4 Å². The summed E-state index contributed by atoms with van der Waals surface area (Å²) in [6, 6.07) is 3.91. The average molecular weight is 233 g/mol. The molecule has 0 saturated carbocycles. The Bertz CT molecular complexity index is 375. The monoisotopic (exact) mass is 233 g/mol. The van der Waals surface area contributed by atoms with E-state index in [0.717, 1.165) is 24.3 Å². The first kappa shape index (κ1) is 12.6. The lowest BCUT2D eigenvalue weighted by atomic mass is 9.80. The van der Waals surface area contributed by atoms with Gasteiger partial charge < -0.3 is 22.8 Å². The summed E-state index contributed by atoms with van der Waals surface area (Å²) in [4.78, 5) is 10.7. The summed E-state index contributed by atoms with van der Waals surface area (Å²) in [7, 11) is 1.18. The molecule has 3 nitrogen and oxygen atoms in total. The lowest BCUT2D eigenvalue weighted by molar-refractivity contribution is -0.148. The number of aliphatic carboxylic acids is 1. The van der Waals surface area contributed by atoms with Gasteiger partial charge in [-0.3, -0.25) is 0 Å². The molecule has 0 radical (unpaired) electrons. The van der Waals surface area contributed by atoms with Crippen molar-refractivity contribution in [3.8, 4) is 0 Å². The predicted molar refractivity (Wildman–Crippen MR) is 52.5 cm³/mol. The fourth-order valence-corrected chi connectivity index (χ4v) is 1.27. The van der Waals surface area contributed by atoms with Crippen LogP contribution in [0.25, 0.3) is 0 Å². The van der Waals surface area contributed by atoms with Crippen molar-refractivity contribution in [2.45, 2.75) is 6.10 Å². The van der Waals surface area contributed by atoms with E-state index in [1.807, 2.05) is 0 Å². The maximum absolute atomic E-state index is 12.3. The third-order valence-corrected chi connectivity index (χ3v) is 2.08. The van der Waals surface area contributed by atoms with Crippen molar-refractivity contribution in [3.63, 3.8) is 0 Å². The minimum Gasteiger partial charge on any atom is -0.479 e. The molecule has 0 heterocycles. The fraction of sp³-hybridized carbons (Fsp3) is 0.222. The van der Waals surface area contributed by atoms with Crippen LogP contribution < -0.4 is 5.46 Å². The summed E-state index contributed by atoms with van der Waals surface area (Å²) >= 11 is 0. The van der Waals surface area contributed by atoms with Crippen molar-refractivity contribution in [2.75, 3.05) is 7.11 Å². The van der Waals surface area contributed by atoms with Crippen LogP contribution in [0.5, 0.6) is 0 Å². The number of methoxy groups -OCH3 is 1. The number of rotatable bonds is 4. The van der Waals surface area contributed by atoms with Crippen molar-refractivity contribution < 1.29 is 27.6 Å². The van der Waals surface area contributed by atoms with Gasteiger partial charge in [0.05, 0.1) is 0 Å². The molecule has 0 fully saturated rings. The molecular formula is C9H9BF3O3-. The van der Waals surface area contributed by atoms with E-state index in [1.54, 1.807) is 0 Å². The predicted octanol–water partition coefficient (Wildman–Crippen LogP) is 1.51. The van der Waals surface area contributed by atoms with Crippen molar-refractivity contribution in [2.24, 2.45) is 0 Å². The molecule has 1 rings (SSSR count). The number of carboxylic acid groups (broad SMARTS) is 1. The van der Waals surface area contributed by atoms with E-state index >= 15 is 0 Å². The molecule has 0 aliphatic heterocycles. The van der Waals surface area contributed by atoms with E-state index in [-0.39, 0.29) is 5.56 Å². The Morgan fingerprint density at radius 2 is 1.81 bits per heavy atom. The van der Waals surface area contributed by atoms with Gasteiger partial charge in [0.25, 0.3) is 0 Å². The largest absolute Gasteiger partial charge is 0.509 e. The van der Waals surface area contributed by atoms with Crippen LogP contribution in [-0.2, 0) is 9.53 Å². The molecule has 1 N–H and O–H groups in total. The Morgan fingerprint density at radius 1 is 1.31 bits per heavy atom. The standard InChI is InChI=1S/C9H9BF3O3/c1-16-8(9(14)15)6-2-4-7(5-3-6)10(11,12)13/h2-5,8H,1H3,(H,14,15)/q-1. The second-order valence-electron chi connectivity index (χ2n) is 3.20. The highest BCUT2D eigenvalue weighted by atomic mass is 19.4. The van der Waals surface area contributed by atoms with Crippen LogP contribution in [0.1, 0.15) is 11.7 Å². The molecule has 0 aliphatic rings. The van der Waals surface area contributed by atoms with E-state index in [2.05, 4.69) is 4.74 Å². The van der Waals surface area contributed by atoms with Gasteiger partial charge in [-0.25, -0.2) is 4.79 Å². The van der Waals surface area contributed by atoms with E-state index in [0.29, 0.717) is 0 Å². The van der Waals surface area contributed by atoms with Crippen LogP contribution in [0.3, 0.4) is 0 Å². The summed E-state index contributed by atoms with van der Waals surface area (Å²) in [5.41, 5.74) is -0.581. The molecular weight excluding hydrogens is 224 g/mol. The van der Waals surface area contributed by atoms with Gasteiger partial charge in [-0.2, -0.15) is 0 Å². The molecule has 0 saturated heterocycles. The second-order valence-corrected chi connectivity index (χ2v) is 3.20. The van der Waals surface area contributed by atoms with Crippen LogP contribution in [0.4, 0.5) is 12.9 Å². The molecule has 1 aromatic rings. The van der Waals surface area contributed by atoms with Gasteiger partial charge in [0.15, 0.2) is 6.10 Å². The first-order valence-electron chi connectivity index (χ1n) is 4.41. The molecule has 7 heteroatoms. The number of carboxylic acids is 1. The first-order chi connectivity index (χ1) is 7.36. The molecule has 0 aliphatic carbocycles. The minimum absolute atomic E-state index is 0.179. The molecule has 1 unspecified atom stereocenters. The number of benzene rings is 1. The van der Waals surface area contributed by atoms with E-state index in [1.165, 1.54) is 7.11 Å². The quantitative estimate of drug-likeness (QED) is 0.801. The maximum atomic E-state index is 12.3.